The zero-order valence-corrected chi connectivity index (χ0v) is 67.6. The number of aromatic nitrogens is 4. The molecule has 45 nitrogen and oxygen atoms in total. The predicted octanol–water partition coefficient (Wildman–Crippen LogP) is -9.72. The molecule has 2 unspecified atom stereocenters. The van der Waals surface area contributed by atoms with Gasteiger partial charge in [-0.05, 0) is 49.9 Å². The van der Waals surface area contributed by atoms with Crippen molar-refractivity contribution >= 4 is 155 Å². The van der Waals surface area contributed by atoms with Crippen molar-refractivity contribution < 1.29 is 106 Å². The number of carbonyl (C=O) groups is 19. The van der Waals surface area contributed by atoms with Crippen molar-refractivity contribution in [1.29, 1.82) is 0 Å². The number of aliphatic hydroxyl groups is 2. The summed E-state index contributed by atoms with van der Waals surface area (Å²) in [5.41, 5.74) is 22.8. The Morgan fingerprint density at radius 2 is 0.905 bits per heavy atom. The van der Waals surface area contributed by atoms with E-state index in [1.807, 2.05) is 0 Å². The highest BCUT2D eigenvalue weighted by Crippen LogP contribution is 2.27. The van der Waals surface area contributed by atoms with Gasteiger partial charge in [-0.15, -0.1) is 0 Å². The quantitative estimate of drug-likeness (QED) is 0.0516. The number of rotatable bonds is 21. The van der Waals surface area contributed by atoms with Crippen molar-refractivity contribution in [3.8, 4) is 0 Å². The Hall–Kier alpha value is -10.4. The van der Waals surface area contributed by atoms with Crippen LogP contribution in [0.4, 0.5) is 0 Å². The van der Waals surface area contributed by atoms with Gasteiger partial charge in [-0.3, -0.25) is 91.1 Å². The van der Waals surface area contributed by atoms with Gasteiger partial charge in [0.15, 0.2) is 0 Å². The van der Waals surface area contributed by atoms with Crippen LogP contribution in [0.2, 0.25) is 0 Å². The first-order chi connectivity index (χ1) is 54.8. The van der Waals surface area contributed by atoms with Crippen LogP contribution in [0.25, 0.3) is 0 Å². The van der Waals surface area contributed by atoms with Crippen molar-refractivity contribution in [2.45, 2.75) is 196 Å². The van der Waals surface area contributed by atoms with Crippen LogP contribution < -0.4 is 97.4 Å². The Morgan fingerprint density at radius 3 is 1.38 bits per heavy atom. The minimum absolute atomic E-state index is 0.0353. The van der Waals surface area contributed by atoms with Gasteiger partial charge >= 0.3 is 5.97 Å². The van der Waals surface area contributed by atoms with Crippen LogP contribution in [0.1, 0.15) is 104 Å². The maximum atomic E-state index is 15.2. The molecule has 49 heteroatoms. The zero-order chi connectivity index (χ0) is 86.2. The smallest absolute Gasteiger partial charge is 0.303 e. The monoisotopic (exact) mass is 1710 g/mol. The number of carbonyl (C=O) groups excluding carboxylic acids is 18. The fourth-order valence-electron chi connectivity index (χ4n) is 11.8. The average molecular weight is 1710 g/mol. The number of aliphatic carboxylic acids is 1. The van der Waals surface area contributed by atoms with E-state index in [9.17, 15) is 102 Å². The van der Waals surface area contributed by atoms with E-state index in [1.54, 1.807) is 27.7 Å². The molecule has 2 aromatic heterocycles. The molecule has 0 spiro atoms. The number of fused-ring (bicyclic) bond motifs is 9. The molecule has 3 aliphatic heterocycles. The minimum Gasteiger partial charge on any atom is -0.481 e. The number of aliphatic hydroxyl groups excluding tert-OH is 2. The lowest BCUT2D eigenvalue weighted by molar-refractivity contribution is -0.143. The van der Waals surface area contributed by atoms with Gasteiger partial charge in [-0.2, -0.15) is 0 Å². The van der Waals surface area contributed by atoms with Crippen LogP contribution in [0, 0.1) is 17.8 Å². The van der Waals surface area contributed by atoms with Crippen molar-refractivity contribution in [3.63, 3.8) is 0 Å². The molecule has 3 aliphatic rings. The normalized spacial score (nSPS) is 26.9. The van der Waals surface area contributed by atoms with E-state index in [2.05, 4.69) is 94.4 Å². The molecule has 3 saturated heterocycles. The molecule has 2 bridgehead atoms. The van der Waals surface area contributed by atoms with Gasteiger partial charge in [0.2, 0.25) is 106 Å². The van der Waals surface area contributed by atoms with E-state index < -0.39 is 302 Å². The number of carboxylic acid groups (broad SMARTS) is 1. The van der Waals surface area contributed by atoms with Crippen molar-refractivity contribution in [2.24, 2.45) is 40.7 Å². The van der Waals surface area contributed by atoms with E-state index in [1.165, 1.54) is 38.9 Å². The lowest BCUT2D eigenvalue weighted by Gasteiger charge is -2.31. The number of carboxylic acids is 1. The second kappa shape index (κ2) is 47.6. The molecular formula is C67H103N23O22S4. The first-order valence-corrected chi connectivity index (χ1v) is 41.8. The van der Waals surface area contributed by atoms with Gasteiger partial charge in [-0.25, -0.2) is 9.97 Å². The number of imidazole rings is 2. The molecule has 27 N–H and O–H groups in total. The third kappa shape index (κ3) is 31.3. The summed E-state index contributed by atoms with van der Waals surface area (Å²) < 4.78 is 0. The maximum Gasteiger partial charge on any atom is 0.303 e. The van der Waals surface area contributed by atoms with E-state index in [4.69, 9.17) is 22.9 Å². The fraction of sp³-hybridized carbons (Fsp3) is 0.627. The number of amides is 18. The standard InChI is InChI=1S/C67H103N23O22S4/c1-29(2)12-35-55(100)77-34(9-10-51(96)97)54(99)80-38(15-33-20-73-28-75-33)58(103)84-41(21-91)60(105)82-39(16-48(69)93)59(104)79-36(13-30(3)4)56(101)86-43(53(71)98)23-113-115-25-45-64(109)85-42(22-92)61(106)83-40(17-49(70)94)67(112)90-11-7-8-47(90)65(110)89-52(31(5)6)66(111)88-46(26-116-114-24-44(62(107)87-45)76-50(95)18-68)63(108)81-37(57(102)78-35)14-32-19-72-27-74-32/h19-20,27-31,34-47,52,91-92H,7-18,21-26,68H2,1-6H3,(H2,69,93)(H2,70,94)(H2,71,98)(H,72,74)(H,73,75)(H,76,95)(H,77,100)(H,78,102)(H,79,104)(H,80,99)(H,81,108)(H,82,105)(H,83,106)(H,84,103)(H,85,109)(H,86,101)(H,87,107)(H,88,111)(H,89,110)(H,96,97)/t34-,35?,36?,37-,38-,39-,40-,41-,42-,43-,44-,45-,46-,47-,52-/m0/s1. The van der Waals surface area contributed by atoms with Crippen LogP contribution in [0.5, 0.6) is 0 Å². The highest BCUT2D eigenvalue weighted by Gasteiger charge is 2.43. The second-order valence-corrected chi connectivity index (χ2v) is 33.6. The van der Waals surface area contributed by atoms with Gasteiger partial charge in [0.05, 0.1) is 56.6 Å². The summed E-state index contributed by atoms with van der Waals surface area (Å²) in [5, 5.41) is 65.2. The van der Waals surface area contributed by atoms with E-state index in [0.717, 1.165) is 48.1 Å². The van der Waals surface area contributed by atoms with Gasteiger partial charge in [-0.1, -0.05) is 84.7 Å². The number of primary amides is 3. The van der Waals surface area contributed by atoms with E-state index >= 15 is 4.79 Å². The van der Waals surface area contributed by atoms with Gasteiger partial charge in [0, 0.05) is 61.2 Å². The zero-order valence-electron chi connectivity index (χ0n) is 64.3. The Kier molecular flexibility index (Phi) is 39.5. The Balaban J connectivity index is 1.72. The molecule has 0 radical (unpaired) electrons. The molecule has 642 valence electrons. The van der Waals surface area contributed by atoms with E-state index in [0.29, 0.717) is 0 Å². The van der Waals surface area contributed by atoms with Gasteiger partial charge < -0.3 is 128 Å². The summed E-state index contributed by atoms with van der Waals surface area (Å²) >= 11 is 0. The van der Waals surface area contributed by atoms with Crippen LogP contribution in [0.3, 0.4) is 0 Å². The molecule has 0 saturated carbocycles. The second-order valence-electron chi connectivity index (χ2n) is 28.4. The lowest BCUT2D eigenvalue weighted by atomic mass is 10.0. The van der Waals surface area contributed by atoms with Crippen molar-refractivity contribution in [1.82, 2.24) is 99.3 Å². The van der Waals surface area contributed by atoms with Crippen LogP contribution in [-0.2, 0) is 104 Å². The van der Waals surface area contributed by atoms with Crippen LogP contribution in [0.15, 0.2) is 25.0 Å². The minimum atomic E-state index is -2.03. The molecule has 15 atom stereocenters. The summed E-state index contributed by atoms with van der Waals surface area (Å²) in [6.07, 6.45) is 0.520. The highest BCUT2D eigenvalue weighted by atomic mass is 33.1. The predicted molar refractivity (Wildman–Crippen MR) is 417 cm³/mol. The topological polar surface area (TPSA) is 718 Å². The summed E-state index contributed by atoms with van der Waals surface area (Å²) in [7, 11) is 3.10. The van der Waals surface area contributed by atoms with Crippen molar-refractivity contribution in [3.05, 3.63) is 36.4 Å². The molecule has 2 aromatic rings. The SMILES string of the molecule is CC(C)CC1NC(=O)[C@H](CC(N)=O)NC(=O)[C@H](CO)NC(=O)[C@H](Cc2c[nH]cn2)NC(=O)[C@H](CCC(=O)O)NC(=O)C(CC(C)C)NC(=O)[C@H](Cc2c[nH]cn2)NC(=O)[C@@H]2CSSC[C@H](NC(=O)CN)C(=O)N[C@@H](CSSC[C@@H](C(N)=O)NC1=O)C(=O)N[C@@H](CO)C(=O)N[C@@H](CC(N)=O)C(=O)N1CCC[C@H]1C(=O)N[C@@H](C(C)C)C(=O)N2. The molecule has 5 heterocycles. The number of nitrogens with zero attached hydrogens (tertiary/aromatic N) is 3. The Bertz CT molecular complexity index is 3830. The third-order valence-corrected chi connectivity index (χ3v) is 22.6. The molecule has 3 fully saturated rings. The summed E-state index contributed by atoms with van der Waals surface area (Å²) in [6, 6.07) is -26.3. The number of hydrogen-bond donors (Lipinski definition) is 23. The van der Waals surface area contributed by atoms with Crippen LogP contribution >= 0.6 is 43.2 Å². The maximum absolute atomic E-state index is 15.2. The Morgan fingerprint density at radius 1 is 0.491 bits per heavy atom. The number of nitrogens with one attached hydrogen (secondary N) is 16. The number of H-pyrrole nitrogens is 2. The summed E-state index contributed by atoms with van der Waals surface area (Å²) in [4.78, 5) is 282. The molecular weight excluding hydrogens is 1610 g/mol. The largest absolute Gasteiger partial charge is 0.481 e. The van der Waals surface area contributed by atoms with E-state index in [-0.39, 0.29) is 43.6 Å². The summed E-state index contributed by atoms with van der Waals surface area (Å²) in [6.45, 7) is 6.31. The first-order valence-electron chi connectivity index (χ1n) is 36.8. The molecule has 5 rings (SSSR count). The van der Waals surface area contributed by atoms with Gasteiger partial charge in [0.25, 0.3) is 0 Å². The lowest BCUT2D eigenvalue weighted by Crippen LogP contribution is -2.62. The van der Waals surface area contributed by atoms with Crippen molar-refractivity contribution in [2.75, 3.05) is 49.3 Å². The molecule has 0 aliphatic carbocycles. The molecule has 18 amide bonds. The van der Waals surface area contributed by atoms with Gasteiger partial charge in [0.1, 0.15) is 90.6 Å². The highest BCUT2D eigenvalue weighted by molar-refractivity contribution is 8.77. The third-order valence-electron chi connectivity index (χ3n) is 17.8. The molecule has 116 heavy (non-hydrogen) atoms. The summed E-state index contributed by atoms with van der Waals surface area (Å²) in [5.74, 6) is -25.6. The average Bonchev–Trinajstić information content (AvgIpc) is 1.63. The number of aromatic amines is 2. The first kappa shape index (κ1) is 96.2. The number of nitrogens with two attached hydrogens (primary N) is 4. The molecule has 0 aromatic carbocycles. The number of hydrogen-bond acceptors (Lipinski definition) is 28. The fourth-order valence-corrected chi connectivity index (χ4v) is 16.5. The Labute approximate surface area is 680 Å². The van der Waals surface area contributed by atoms with Crippen LogP contribution in [-0.4, -0.2) is 292 Å².